The van der Waals surface area contributed by atoms with Crippen molar-refractivity contribution in [1.82, 2.24) is 14.5 Å². The molecule has 4 aromatic rings. The van der Waals surface area contributed by atoms with Crippen LogP contribution in [-0.4, -0.2) is 26.9 Å². The van der Waals surface area contributed by atoms with Crippen molar-refractivity contribution in [2.45, 2.75) is 25.4 Å². The molecule has 3 heterocycles. The lowest BCUT2D eigenvalue weighted by Gasteiger charge is -2.26. The number of benzene rings is 2. The van der Waals surface area contributed by atoms with Crippen molar-refractivity contribution in [3.63, 3.8) is 0 Å². The molecule has 0 bridgehead atoms. The first-order chi connectivity index (χ1) is 14.2. The SMILES string of the molecule is O=C(Cn1c2ccccc2c(=O)c2ccccc21)N1CCC[C@@H]1c1ccncc1. The molecule has 0 saturated carbocycles. The molecule has 1 atom stereocenters. The fourth-order valence-corrected chi connectivity index (χ4v) is 4.47. The van der Waals surface area contributed by atoms with Gasteiger partial charge in [0.05, 0.1) is 17.1 Å². The minimum absolute atomic E-state index is 0.00994. The van der Waals surface area contributed by atoms with E-state index in [-0.39, 0.29) is 23.9 Å². The van der Waals surface area contributed by atoms with Crippen molar-refractivity contribution >= 4 is 27.7 Å². The molecule has 0 spiro atoms. The highest BCUT2D eigenvalue weighted by Gasteiger charge is 2.30. The van der Waals surface area contributed by atoms with Crippen LogP contribution in [0.3, 0.4) is 0 Å². The lowest BCUT2D eigenvalue weighted by atomic mass is 10.1. The minimum Gasteiger partial charge on any atom is -0.334 e. The Labute approximate surface area is 168 Å². The van der Waals surface area contributed by atoms with Crippen molar-refractivity contribution in [3.8, 4) is 0 Å². The van der Waals surface area contributed by atoms with Gasteiger partial charge in [-0.3, -0.25) is 14.6 Å². The van der Waals surface area contributed by atoms with Gasteiger partial charge in [-0.05, 0) is 54.8 Å². The minimum atomic E-state index is 0.00994. The van der Waals surface area contributed by atoms with Gasteiger partial charge in [0.1, 0.15) is 6.54 Å². The summed E-state index contributed by atoms with van der Waals surface area (Å²) in [5.74, 6) is 0.0725. The molecular formula is C24H21N3O2. The summed E-state index contributed by atoms with van der Waals surface area (Å²) in [5.41, 5.74) is 2.73. The molecule has 0 radical (unpaired) electrons. The zero-order valence-corrected chi connectivity index (χ0v) is 16.0. The zero-order valence-electron chi connectivity index (χ0n) is 16.0. The van der Waals surface area contributed by atoms with Gasteiger partial charge in [-0.1, -0.05) is 24.3 Å². The van der Waals surface area contributed by atoms with Gasteiger partial charge in [0.25, 0.3) is 0 Å². The average Bonchev–Trinajstić information content (AvgIpc) is 3.27. The zero-order chi connectivity index (χ0) is 19.8. The third kappa shape index (κ3) is 2.99. The maximum atomic E-state index is 13.4. The first-order valence-corrected chi connectivity index (χ1v) is 9.94. The van der Waals surface area contributed by atoms with Crippen LogP contribution in [0.2, 0.25) is 0 Å². The Kier molecular flexibility index (Phi) is 4.35. The maximum Gasteiger partial charge on any atom is 0.243 e. The lowest BCUT2D eigenvalue weighted by molar-refractivity contribution is -0.132. The molecule has 0 N–H and O–H groups in total. The molecule has 144 valence electrons. The summed E-state index contributed by atoms with van der Waals surface area (Å²) >= 11 is 0. The van der Waals surface area contributed by atoms with Gasteiger partial charge in [0.2, 0.25) is 5.91 Å². The summed E-state index contributed by atoms with van der Waals surface area (Å²) in [6, 6.07) is 19.1. The molecule has 29 heavy (non-hydrogen) atoms. The molecule has 0 aliphatic carbocycles. The van der Waals surface area contributed by atoms with E-state index in [9.17, 15) is 9.59 Å². The number of carbonyl (C=O) groups excluding carboxylic acids is 1. The second kappa shape index (κ2) is 7.17. The molecule has 2 aromatic heterocycles. The molecule has 1 amide bonds. The molecule has 1 fully saturated rings. The quantitative estimate of drug-likeness (QED) is 0.504. The Hall–Kier alpha value is -3.47. The highest BCUT2D eigenvalue weighted by Crippen LogP contribution is 2.32. The number of aromatic nitrogens is 2. The van der Waals surface area contributed by atoms with Crippen LogP contribution in [0.4, 0.5) is 0 Å². The van der Waals surface area contributed by atoms with E-state index in [1.165, 1.54) is 0 Å². The first kappa shape index (κ1) is 17.6. The molecule has 1 saturated heterocycles. The van der Waals surface area contributed by atoms with Gasteiger partial charge >= 0.3 is 0 Å². The van der Waals surface area contributed by atoms with E-state index in [0.29, 0.717) is 10.8 Å². The summed E-state index contributed by atoms with van der Waals surface area (Å²) < 4.78 is 1.98. The predicted octanol–water partition coefficient (Wildman–Crippen LogP) is 3.91. The van der Waals surface area contributed by atoms with Crippen LogP contribution in [0.25, 0.3) is 21.8 Å². The molecule has 2 aromatic carbocycles. The molecule has 1 aliphatic rings. The van der Waals surface area contributed by atoms with E-state index >= 15 is 0 Å². The van der Waals surface area contributed by atoms with Crippen LogP contribution in [0.5, 0.6) is 0 Å². The number of nitrogens with zero attached hydrogens (tertiary/aromatic N) is 3. The molecular weight excluding hydrogens is 362 g/mol. The van der Waals surface area contributed by atoms with Crippen molar-refractivity contribution < 1.29 is 4.79 Å². The number of fused-ring (bicyclic) bond motifs is 2. The van der Waals surface area contributed by atoms with Crippen LogP contribution in [0.15, 0.2) is 77.9 Å². The Morgan fingerprint density at radius 1 is 0.931 bits per heavy atom. The lowest BCUT2D eigenvalue weighted by Crippen LogP contribution is -2.34. The molecule has 5 rings (SSSR count). The van der Waals surface area contributed by atoms with E-state index in [0.717, 1.165) is 36.0 Å². The number of likely N-dealkylation sites (tertiary alicyclic amines) is 1. The van der Waals surface area contributed by atoms with Gasteiger partial charge in [-0.2, -0.15) is 0 Å². The number of hydrogen-bond acceptors (Lipinski definition) is 3. The molecule has 1 aliphatic heterocycles. The smallest absolute Gasteiger partial charge is 0.243 e. The van der Waals surface area contributed by atoms with Crippen LogP contribution in [0, 0.1) is 0 Å². The van der Waals surface area contributed by atoms with E-state index in [2.05, 4.69) is 4.98 Å². The standard InChI is InChI=1S/C24H21N3O2/c28-23(26-15-5-10-20(26)17-11-13-25-14-12-17)16-27-21-8-3-1-6-18(21)24(29)19-7-2-4-9-22(19)27/h1-4,6-9,11-14,20H,5,10,15-16H2/t20-/m1/s1. The third-order valence-corrected chi connectivity index (χ3v) is 5.84. The Morgan fingerprint density at radius 2 is 1.55 bits per heavy atom. The normalized spacial score (nSPS) is 16.6. The monoisotopic (exact) mass is 383 g/mol. The number of para-hydroxylation sites is 2. The van der Waals surface area contributed by atoms with Crippen molar-refractivity contribution in [2.75, 3.05) is 6.54 Å². The Bertz CT molecular complexity index is 1200. The molecule has 5 heteroatoms. The maximum absolute atomic E-state index is 13.4. The van der Waals surface area contributed by atoms with E-state index in [1.54, 1.807) is 12.4 Å². The Morgan fingerprint density at radius 3 is 2.21 bits per heavy atom. The number of hydrogen-bond donors (Lipinski definition) is 0. The summed E-state index contributed by atoms with van der Waals surface area (Å²) in [6.45, 7) is 0.963. The van der Waals surface area contributed by atoms with Gasteiger partial charge < -0.3 is 9.47 Å². The van der Waals surface area contributed by atoms with Crippen molar-refractivity contribution in [3.05, 3.63) is 88.8 Å². The number of amides is 1. The number of pyridine rings is 2. The van der Waals surface area contributed by atoms with Crippen LogP contribution < -0.4 is 5.43 Å². The summed E-state index contributed by atoms with van der Waals surface area (Å²) in [4.78, 5) is 32.3. The summed E-state index contributed by atoms with van der Waals surface area (Å²) in [5, 5.41) is 1.29. The van der Waals surface area contributed by atoms with Gasteiger partial charge in [0.15, 0.2) is 5.43 Å². The van der Waals surface area contributed by atoms with E-state index < -0.39 is 0 Å². The second-order valence-corrected chi connectivity index (χ2v) is 7.48. The highest BCUT2D eigenvalue weighted by molar-refractivity contribution is 5.94. The third-order valence-electron chi connectivity index (χ3n) is 5.84. The predicted molar refractivity (Wildman–Crippen MR) is 114 cm³/mol. The van der Waals surface area contributed by atoms with Crippen LogP contribution in [0.1, 0.15) is 24.4 Å². The number of carbonyl (C=O) groups is 1. The van der Waals surface area contributed by atoms with Gasteiger partial charge in [-0.25, -0.2) is 0 Å². The average molecular weight is 383 g/mol. The van der Waals surface area contributed by atoms with Crippen molar-refractivity contribution in [2.24, 2.45) is 0 Å². The summed E-state index contributed by atoms with van der Waals surface area (Å²) in [7, 11) is 0. The highest BCUT2D eigenvalue weighted by atomic mass is 16.2. The van der Waals surface area contributed by atoms with E-state index in [1.807, 2.05) is 70.1 Å². The summed E-state index contributed by atoms with van der Waals surface area (Å²) in [6.07, 6.45) is 5.50. The van der Waals surface area contributed by atoms with Crippen molar-refractivity contribution in [1.29, 1.82) is 0 Å². The van der Waals surface area contributed by atoms with Gasteiger partial charge in [0, 0.05) is 29.7 Å². The van der Waals surface area contributed by atoms with Gasteiger partial charge in [-0.15, -0.1) is 0 Å². The molecule has 5 nitrogen and oxygen atoms in total. The van der Waals surface area contributed by atoms with E-state index in [4.69, 9.17) is 0 Å². The largest absolute Gasteiger partial charge is 0.334 e. The number of rotatable bonds is 3. The second-order valence-electron chi connectivity index (χ2n) is 7.48. The topological polar surface area (TPSA) is 55.2 Å². The molecule has 0 unspecified atom stereocenters. The Balaban J connectivity index is 1.59. The van der Waals surface area contributed by atoms with Crippen LogP contribution in [-0.2, 0) is 11.3 Å². The van der Waals surface area contributed by atoms with Crippen LogP contribution >= 0.6 is 0 Å². The fraction of sp³-hybridized carbons (Fsp3) is 0.208. The first-order valence-electron chi connectivity index (χ1n) is 9.94. The fourth-order valence-electron chi connectivity index (χ4n) is 4.47.